The van der Waals surface area contributed by atoms with Crippen molar-refractivity contribution in [2.75, 3.05) is 46.9 Å². The van der Waals surface area contributed by atoms with Crippen molar-refractivity contribution in [3.05, 3.63) is 0 Å². The molecule has 2 rings (SSSR count). The van der Waals surface area contributed by atoms with Crippen LogP contribution < -0.4 is 0 Å². The second kappa shape index (κ2) is 4.60. The minimum atomic E-state index is 0.762. The first-order valence-electron chi connectivity index (χ1n) is 5.74. The molecule has 2 heterocycles. The highest BCUT2D eigenvalue weighted by atomic mass is 16.5. The maximum absolute atomic E-state index is 5.42. The second-order valence-electron chi connectivity index (χ2n) is 4.76. The molecule has 1 unspecified atom stereocenters. The third kappa shape index (κ3) is 2.27. The molecule has 2 fully saturated rings. The largest absolute Gasteiger partial charge is 0.381 e. The van der Waals surface area contributed by atoms with Gasteiger partial charge in [0.2, 0.25) is 0 Å². The van der Waals surface area contributed by atoms with Gasteiger partial charge in [0.15, 0.2) is 0 Å². The average Bonchev–Trinajstić information content (AvgIpc) is 2.23. The molecule has 0 aromatic heterocycles. The van der Waals surface area contributed by atoms with Crippen LogP contribution in [0.4, 0.5) is 0 Å². The Hall–Kier alpha value is -0.120. The monoisotopic (exact) mass is 198 g/mol. The zero-order valence-electron chi connectivity index (χ0n) is 9.41. The third-order valence-corrected chi connectivity index (χ3v) is 3.71. The first-order chi connectivity index (χ1) is 6.77. The van der Waals surface area contributed by atoms with E-state index in [4.69, 9.17) is 4.74 Å². The Labute approximate surface area is 87.0 Å². The molecule has 0 bridgehead atoms. The van der Waals surface area contributed by atoms with Crippen LogP contribution >= 0.6 is 0 Å². The van der Waals surface area contributed by atoms with E-state index < -0.39 is 0 Å². The summed E-state index contributed by atoms with van der Waals surface area (Å²) in [7, 11) is 4.51. The zero-order valence-corrected chi connectivity index (χ0v) is 9.41. The fourth-order valence-electron chi connectivity index (χ4n) is 2.65. The Morgan fingerprint density at radius 3 is 2.50 bits per heavy atom. The van der Waals surface area contributed by atoms with Crippen molar-refractivity contribution in [1.82, 2.24) is 9.80 Å². The molecule has 3 heteroatoms. The number of likely N-dealkylation sites (N-methyl/N-ethyl adjacent to an activating group) is 2. The Kier molecular flexibility index (Phi) is 3.42. The topological polar surface area (TPSA) is 15.7 Å². The Bertz CT molecular complexity index is 180. The van der Waals surface area contributed by atoms with Gasteiger partial charge in [0.25, 0.3) is 0 Å². The van der Waals surface area contributed by atoms with Crippen LogP contribution in [0.25, 0.3) is 0 Å². The minimum absolute atomic E-state index is 0.762. The highest BCUT2D eigenvalue weighted by Gasteiger charge is 2.30. The molecular weight excluding hydrogens is 176 g/mol. The molecule has 14 heavy (non-hydrogen) atoms. The lowest BCUT2D eigenvalue weighted by atomic mass is 9.89. The first-order valence-corrected chi connectivity index (χ1v) is 5.74. The first kappa shape index (κ1) is 10.4. The molecule has 0 spiro atoms. The van der Waals surface area contributed by atoms with Gasteiger partial charge in [-0.3, -0.25) is 0 Å². The second-order valence-corrected chi connectivity index (χ2v) is 4.76. The highest BCUT2D eigenvalue weighted by Crippen LogP contribution is 2.24. The summed E-state index contributed by atoms with van der Waals surface area (Å²) in [4.78, 5) is 5.00. The molecule has 0 aromatic carbocycles. The van der Waals surface area contributed by atoms with E-state index in [0.29, 0.717) is 0 Å². The molecule has 2 saturated heterocycles. The molecule has 0 saturated carbocycles. The average molecular weight is 198 g/mol. The van der Waals surface area contributed by atoms with Crippen LogP contribution in [-0.4, -0.2) is 62.8 Å². The van der Waals surface area contributed by atoms with Crippen LogP contribution in [0.5, 0.6) is 0 Å². The van der Waals surface area contributed by atoms with Gasteiger partial charge in [0.1, 0.15) is 0 Å². The summed E-state index contributed by atoms with van der Waals surface area (Å²) >= 11 is 0. The molecule has 2 aliphatic heterocycles. The van der Waals surface area contributed by atoms with E-state index in [9.17, 15) is 0 Å². The van der Waals surface area contributed by atoms with Gasteiger partial charge in [0.05, 0.1) is 0 Å². The smallest absolute Gasteiger partial charge is 0.0469 e. The summed E-state index contributed by atoms with van der Waals surface area (Å²) in [6, 6.07) is 0.762. The summed E-state index contributed by atoms with van der Waals surface area (Å²) in [5, 5.41) is 0. The van der Waals surface area contributed by atoms with Crippen molar-refractivity contribution in [3.8, 4) is 0 Å². The number of hydrogen-bond donors (Lipinski definition) is 0. The predicted molar refractivity (Wildman–Crippen MR) is 57.5 cm³/mol. The quantitative estimate of drug-likeness (QED) is 0.615. The van der Waals surface area contributed by atoms with E-state index in [0.717, 1.165) is 25.2 Å². The van der Waals surface area contributed by atoms with Gasteiger partial charge in [0, 0.05) is 38.9 Å². The number of rotatable bonds is 1. The standard InChI is InChI=1S/C11H22N2O/c1-12-5-6-13(2)11(9-12)10-3-7-14-8-4-10/h10-11H,3-9H2,1-2H3. The van der Waals surface area contributed by atoms with Gasteiger partial charge in [-0.05, 0) is 32.9 Å². The van der Waals surface area contributed by atoms with Crippen molar-refractivity contribution < 1.29 is 4.74 Å². The molecule has 0 aliphatic carbocycles. The maximum atomic E-state index is 5.42. The van der Waals surface area contributed by atoms with Gasteiger partial charge in [-0.25, -0.2) is 0 Å². The van der Waals surface area contributed by atoms with Crippen LogP contribution in [0, 0.1) is 5.92 Å². The van der Waals surface area contributed by atoms with Crippen LogP contribution in [0.1, 0.15) is 12.8 Å². The van der Waals surface area contributed by atoms with E-state index in [1.54, 1.807) is 0 Å². The van der Waals surface area contributed by atoms with Crippen molar-refractivity contribution in [1.29, 1.82) is 0 Å². The summed E-state index contributed by atoms with van der Waals surface area (Å²) < 4.78 is 5.42. The summed E-state index contributed by atoms with van der Waals surface area (Å²) in [5.74, 6) is 0.858. The number of hydrogen-bond acceptors (Lipinski definition) is 3. The fraction of sp³-hybridized carbons (Fsp3) is 1.00. The number of piperazine rings is 1. The Morgan fingerprint density at radius 2 is 1.79 bits per heavy atom. The van der Waals surface area contributed by atoms with Crippen LogP contribution in [0.3, 0.4) is 0 Å². The van der Waals surface area contributed by atoms with Crippen LogP contribution in [-0.2, 0) is 4.74 Å². The van der Waals surface area contributed by atoms with Gasteiger partial charge in [-0.1, -0.05) is 0 Å². The van der Waals surface area contributed by atoms with Crippen molar-refractivity contribution in [2.24, 2.45) is 5.92 Å². The highest BCUT2D eigenvalue weighted by molar-refractivity contribution is 4.85. The number of ether oxygens (including phenoxy) is 1. The van der Waals surface area contributed by atoms with Gasteiger partial charge < -0.3 is 14.5 Å². The van der Waals surface area contributed by atoms with E-state index >= 15 is 0 Å². The molecule has 0 amide bonds. The van der Waals surface area contributed by atoms with E-state index in [-0.39, 0.29) is 0 Å². The molecule has 82 valence electrons. The van der Waals surface area contributed by atoms with Crippen LogP contribution in [0.2, 0.25) is 0 Å². The van der Waals surface area contributed by atoms with Crippen molar-refractivity contribution in [2.45, 2.75) is 18.9 Å². The minimum Gasteiger partial charge on any atom is -0.381 e. The lowest BCUT2D eigenvalue weighted by Gasteiger charge is -2.43. The van der Waals surface area contributed by atoms with Crippen LogP contribution in [0.15, 0.2) is 0 Å². The predicted octanol–water partition coefficient (Wildman–Crippen LogP) is 0.659. The maximum Gasteiger partial charge on any atom is 0.0469 e. The van der Waals surface area contributed by atoms with E-state index in [2.05, 4.69) is 23.9 Å². The SMILES string of the molecule is CN1CCN(C)C(C2CCOCC2)C1. The third-order valence-electron chi connectivity index (χ3n) is 3.71. The summed E-state index contributed by atoms with van der Waals surface area (Å²) in [5.41, 5.74) is 0. The molecule has 2 aliphatic rings. The molecule has 0 radical (unpaired) electrons. The summed E-state index contributed by atoms with van der Waals surface area (Å²) in [6.07, 6.45) is 2.51. The lowest BCUT2D eigenvalue weighted by molar-refractivity contribution is 0.00624. The van der Waals surface area contributed by atoms with Crippen molar-refractivity contribution in [3.63, 3.8) is 0 Å². The fourth-order valence-corrected chi connectivity index (χ4v) is 2.65. The van der Waals surface area contributed by atoms with E-state index in [1.165, 1.54) is 32.5 Å². The molecule has 1 atom stereocenters. The van der Waals surface area contributed by atoms with Gasteiger partial charge in [-0.15, -0.1) is 0 Å². The molecule has 3 nitrogen and oxygen atoms in total. The van der Waals surface area contributed by atoms with E-state index in [1.807, 2.05) is 0 Å². The summed E-state index contributed by atoms with van der Waals surface area (Å²) in [6.45, 7) is 5.62. The Morgan fingerprint density at radius 1 is 1.07 bits per heavy atom. The Balaban J connectivity index is 1.92. The molecule has 0 N–H and O–H groups in total. The van der Waals surface area contributed by atoms with Gasteiger partial charge >= 0.3 is 0 Å². The lowest BCUT2D eigenvalue weighted by Crippen LogP contribution is -2.53. The van der Waals surface area contributed by atoms with Gasteiger partial charge in [-0.2, -0.15) is 0 Å². The molecular formula is C11H22N2O. The normalized spacial score (nSPS) is 33.4. The van der Waals surface area contributed by atoms with Crippen molar-refractivity contribution >= 4 is 0 Å². The zero-order chi connectivity index (χ0) is 9.97. The molecule has 0 aromatic rings. The number of nitrogens with zero attached hydrogens (tertiary/aromatic N) is 2.